The molecule has 1 aliphatic rings. The smallest absolute Gasteiger partial charge is 0.274 e. The molecule has 1 aromatic carbocycles. The molecule has 1 amide bonds. The first-order chi connectivity index (χ1) is 11.7. The molecule has 2 heterocycles. The summed E-state index contributed by atoms with van der Waals surface area (Å²) in [5.41, 5.74) is 2.26. The van der Waals surface area contributed by atoms with E-state index in [0.29, 0.717) is 11.6 Å². The normalized spacial score (nSPS) is 15.2. The van der Waals surface area contributed by atoms with Crippen LogP contribution in [0.2, 0.25) is 0 Å². The number of benzene rings is 1. The van der Waals surface area contributed by atoms with E-state index in [2.05, 4.69) is 27.1 Å². The van der Waals surface area contributed by atoms with Crippen LogP contribution in [-0.2, 0) is 0 Å². The number of piperazine rings is 1. The van der Waals surface area contributed by atoms with Crippen LogP contribution in [-0.4, -0.2) is 56.1 Å². The molecule has 6 nitrogen and oxygen atoms in total. The molecule has 0 saturated carbocycles. The van der Waals surface area contributed by atoms with Crippen LogP contribution in [0.4, 0.5) is 11.4 Å². The van der Waals surface area contributed by atoms with Crippen LogP contribution in [0.1, 0.15) is 10.5 Å². The molecule has 3 rings (SSSR count). The number of aromatic nitrogens is 1. The fraction of sp³-hybridized carbons (Fsp3) is 0.333. The number of ether oxygens (including phenoxy) is 1. The molecule has 0 radical (unpaired) electrons. The Balaban J connectivity index is 1.64. The zero-order valence-electron chi connectivity index (χ0n) is 14.0. The van der Waals surface area contributed by atoms with Crippen molar-refractivity contribution in [3.63, 3.8) is 0 Å². The van der Waals surface area contributed by atoms with Crippen LogP contribution in [0.5, 0.6) is 5.88 Å². The van der Waals surface area contributed by atoms with Gasteiger partial charge in [-0.2, -0.15) is 0 Å². The van der Waals surface area contributed by atoms with Gasteiger partial charge in [0.25, 0.3) is 5.91 Å². The number of likely N-dealkylation sites (N-methyl/N-ethyl adjacent to an activating group) is 1. The third-order valence-electron chi connectivity index (χ3n) is 4.16. The third-order valence-corrected chi connectivity index (χ3v) is 4.16. The van der Waals surface area contributed by atoms with Crippen molar-refractivity contribution in [3.8, 4) is 5.88 Å². The van der Waals surface area contributed by atoms with E-state index < -0.39 is 0 Å². The second kappa shape index (κ2) is 7.31. The number of hydrogen-bond acceptors (Lipinski definition) is 5. The highest BCUT2D eigenvalue weighted by Crippen LogP contribution is 2.20. The molecule has 1 saturated heterocycles. The van der Waals surface area contributed by atoms with Crippen LogP contribution in [0, 0.1) is 0 Å². The molecule has 126 valence electrons. The molecule has 24 heavy (non-hydrogen) atoms. The molecule has 6 heteroatoms. The SMILES string of the molecule is COc1cccc(C(=O)Nc2ccc(N3CCN(C)CC3)cc2)n1. The van der Waals surface area contributed by atoms with E-state index in [9.17, 15) is 4.79 Å². The number of rotatable bonds is 4. The number of nitrogens with one attached hydrogen (secondary N) is 1. The number of amides is 1. The fourth-order valence-electron chi connectivity index (χ4n) is 2.67. The molecule has 0 unspecified atom stereocenters. The van der Waals surface area contributed by atoms with Crippen LogP contribution in [0.3, 0.4) is 0 Å². The van der Waals surface area contributed by atoms with Gasteiger partial charge in [0.15, 0.2) is 0 Å². The van der Waals surface area contributed by atoms with Gasteiger partial charge in [0, 0.05) is 43.6 Å². The zero-order valence-corrected chi connectivity index (χ0v) is 14.0. The minimum atomic E-state index is -0.249. The van der Waals surface area contributed by atoms with E-state index in [0.717, 1.165) is 31.9 Å². The Bertz CT molecular complexity index is 694. The van der Waals surface area contributed by atoms with Crippen molar-refractivity contribution in [1.29, 1.82) is 0 Å². The number of nitrogens with zero attached hydrogens (tertiary/aromatic N) is 3. The number of hydrogen-bond donors (Lipinski definition) is 1. The van der Waals surface area contributed by atoms with E-state index in [1.54, 1.807) is 18.2 Å². The summed E-state index contributed by atoms with van der Waals surface area (Å²) < 4.78 is 5.05. The molecular formula is C18H22N4O2. The molecule has 1 fully saturated rings. The Morgan fingerprint density at radius 2 is 1.79 bits per heavy atom. The zero-order chi connectivity index (χ0) is 16.9. The fourth-order valence-corrected chi connectivity index (χ4v) is 2.67. The van der Waals surface area contributed by atoms with E-state index in [4.69, 9.17) is 4.74 Å². The highest BCUT2D eigenvalue weighted by Gasteiger charge is 2.14. The second-order valence-corrected chi connectivity index (χ2v) is 5.86. The lowest BCUT2D eigenvalue weighted by atomic mass is 10.2. The maximum atomic E-state index is 12.3. The van der Waals surface area contributed by atoms with Gasteiger partial charge in [-0.3, -0.25) is 4.79 Å². The van der Waals surface area contributed by atoms with Crippen molar-refractivity contribution >= 4 is 17.3 Å². The van der Waals surface area contributed by atoms with E-state index in [1.165, 1.54) is 12.8 Å². The van der Waals surface area contributed by atoms with Crippen LogP contribution in [0.15, 0.2) is 42.5 Å². The third kappa shape index (κ3) is 3.83. The predicted octanol–water partition coefficient (Wildman–Crippen LogP) is 2.09. The maximum Gasteiger partial charge on any atom is 0.274 e. The predicted molar refractivity (Wildman–Crippen MR) is 94.9 cm³/mol. The van der Waals surface area contributed by atoms with Crippen molar-refractivity contribution in [2.45, 2.75) is 0 Å². The summed E-state index contributed by atoms with van der Waals surface area (Å²) in [5.74, 6) is 0.175. The quantitative estimate of drug-likeness (QED) is 0.932. The van der Waals surface area contributed by atoms with Gasteiger partial charge in [0.1, 0.15) is 5.69 Å². The highest BCUT2D eigenvalue weighted by atomic mass is 16.5. The van der Waals surface area contributed by atoms with Crippen molar-refractivity contribution in [2.24, 2.45) is 0 Å². The van der Waals surface area contributed by atoms with Crippen molar-refractivity contribution in [2.75, 3.05) is 50.6 Å². The first-order valence-electron chi connectivity index (χ1n) is 8.01. The Morgan fingerprint density at radius 3 is 2.46 bits per heavy atom. The van der Waals surface area contributed by atoms with Gasteiger partial charge in [0.2, 0.25) is 5.88 Å². The molecule has 1 N–H and O–H groups in total. The largest absolute Gasteiger partial charge is 0.481 e. The number of carbonyl (C=O) groups excluding carboxylic acids is 1. The second-order valence-electron chi connectivity index (χ2n) is 5.86. The monoisotopic (exact) mass is 326 g/mol. The molecular weight excluding hydrogens is 304 g/mol. The van der Waals surface area contributed by atoms with E-state index in [-0.39, 0.29) is 5.91 Å². The molecule has 1 aromatic heterocycles. The maximum absolute atomic E-state index is 12.3. The minimum Gasteiger partial charge on any atom is -0.481 e. The van der Waals surface area contributed by atoms with Crippen molar-refractivity contribution in [1.82, 2.24) is 9.88 Å². The van der Waals surface area contributed by atoms with E-state index >= 15 is 0 Å². The average molecular weight is 326 g/mol. The molecule has 2 aromatic rings. The Morgan fingerprint density at radius 1 is 1.08 bits per heavy atom. The summed E-state index contributed by atoms with van der Waals surface area (Å²) >= 11 is 0. The molecule has 0 atom stereocenters. The van der Waals surface area contributed by atoms with Crippen molar-refractivity contribution < 1.29 is 9.53 Å². The van der Waals surface area contributed by atoms with Gasteiger partial charge in [-0.25, -0.2) is 4.98 Å². The summed E-state index contributed by atoms with van der Waals surface area (Å²) in [6, 6.07) is 13.0. The minimum absolute atomic E-state index is 0.249. The van der Waals surface area contributed by atoms with Gasteiger partial charge in [-0.1, -0.05) is 6.07 Å². The summed E-state index contributed by atoms with van der Waals surface area (Å²) in [6.45, 7) is 4.19. The summed E-state index contributed by atoms with van der Waals surface area (Å²) in [4.78, 5) is 21.1. The Labute approximate surface area is 142 Å². The average Bonchev–Trinajstić information content (AvgIpc) is 2.63. The lowest BCUT2D eigenvalue weighted by Gasteiger charge is -2.34. The summed E-state index contributed by atoms with van der Waals surface area (Å²) in [6.07, 6.45) is 0. The molecule has 0 bridgehead atoms. The number of carbonyl (C=O) groups is 1. The van der Waals surface area contributed by atoms with Crippen LogP contribution < -0.4 is 15.0 Å². The van der Waals surface area contributed by atoms with Gasteiger partial charge >= 0.3 is 0 Å². The topological polar surface area (TPSA) is 57.7 Å². The molecule has 0 aliphatic carbocycles. The summed E-state index contributed by atoms with van der Waals surface area (Å²) in [7, 11) is 3.67. The van der Waals surface area contributed by atoms with Gasteiger partial charge in [0.05, 0.1) is 7.11 Å². The standard InChI is InChI=1S/C18H22N4O2/c1-21-10-12-22(13-11-21)15-8-6-14(7-9-15)19-18(23)16-4-3-5-17(20-16)24-2/h3-9H,10-13H2,1-2H3,(H,19,23). The highest BCUT2D eigenvalue weighted by molar-refractivity contribution is 6.03. The first kappa shape index (κ1) is 16.3. The van der Waals surface area contributed by atoms with Crippen LogP contribution in [0.25, 0.3) is 0 Å². The van der Waals surface area contributed by atoms with Crippen molar-refractivity contribution in [3.05, 3.63) is 48.2 Å². The van der Waals surface area contributed by atoms with Crippen LogP contribution >= 0.6 is 0 Å². The van der Waals surface area contributed by atoms with Gasteiger partial charge in [-0.15, -0.1) is 0 Å². The lowest BCUT2D eigenvalue weighted by molar-refractivity contribution is 0.102. The first-order valence-corrected chi connectivity index (χ1v) is 8.01. The molecule has 0 spiro atoms. The summed E-state index contributed by atoms with van der Waals surface area (Å²) in [5, 5.41) is 2.86. The molecule has 1 aliphatic heterocycles. The Hall–Kier alpha value is -2.60. The number of anilines is 2. The lowest BCUT2D eigenvalue weighted by Crippen LogP contribution is -2.44. The van der Waals surface area contributed by atoms with Gasteiger partial charge < -0.3 is 19.9 Å². The number of pyridine rings is 1. The number of methoxy groups -OCH3 is 1. The van der Waals surface area contributed by atoms with Gasteiger partial charge in [-0.05, 0) is 37.4 Å². The van der Waals surface area contributed by atoms with E-state index in [1.807, 2.05) is 24.3 Å². The Kier molecular flexibility index (Phi) is 4.96.